The first kappa shape index (κ1) is 17.0. The SMILES string of the molecule is Cc1ccc(NC(=O)COC(=O)c2cc(Br)ccc2N)cc1F. The number of nitrogens with two attached hydrogens (primary N) is 1. The lowest BCUT2D eigenvalue weighted by Gasteiger charge is -2.09. The minimum Gasteiger partial charge on any atom is -0.452 e. The predicted molar refractivity (Wildman–Crippen MR) is 88.6 cm³/mol. The van der Waals surface area contributed by atoms with Gasteiger partial charge in [-0.3, -0.25) is 4.79 Å². The summed E-state index contributed by atoms with van der Waals surface area (Å²) in [5.41, 5.74) is 6.86. The van der Waals surface area contributed by atoms with Gasteiger partial charge in [0.2, 0.25) is 0 Å². The lowest BCUT2D eigenvalue weighted by Crippen LogP contribution is -2.21. The van der Waals surface area contributed by atoms with Crippen molar-refractivity contribution in [3.05, 3.63) is 57.8 Å². The van der Waals surface area contributed by atoms with Crippen LogP contribution in [-0.2, 0) is 9.53 Å². The molecule has 0 radical (unpaired) electrons. The molecule has 0 aromatic heterocycles. The number of anilines is 2. The van der Waals surface area contributed by atoms with Gasteiger partial charge in [0, 0.05) is 15.8 Å². The van der Waals surface area contributed by atoms with Crippen molar-refractivity contribution in [2.24, 2.45) is 0 Å². The lowest BCUT2D eigenvalue weighted by molar-refractivity contribution is -0.119. The summed E-state index contributed by atoms with van der Waals surface area (Å²) in [6.45, 7) is 1.12. The summed E-state index contributed by atoms with van der Waals surface area (Å²) in [7, 11) is 0. The fourth-order valence-corrected chi connectivity index (χ4v) is 2.14. The third-order valence-electron chi connectivity index (χ3n) is 3.03. The number of hydrogen-bond donors (Lipinski definition) is 2. The minimum atomic E-state index is -0.714. The van der Waals surface area contributed by atoms with Crippen LogP contribution in [0.15, 0.2) is 40.9 Å². The first-order chi connectivity index (χ1) is 10.9. The Morgan fingerprint density at radius 2 is 2.00 bits per heavy atom. The van der Waals surface area contributed by atoms with E-state index in [1.807, 2.05) is 0 Å². The standard InChI is InChI=1S/C16H14BrFN2O3/c1-9-2-4-11(7-13(9)18)20-15(21)8-23-16(22)12-6-10(17)3-5-14(12)19/h2-7H,8,19H2,1H3,(H,20,21). The summed E-state index contributed by atoms with van der Waals surface area (Å²) in [6, 6.07) is 9.04. The fraction of sp³-hybridized carbons (Fsp3) is 0.125. The number of nitrogen functional groups attached to an aromatic ring is 1. The maximum atomic E-state index is 13.4. The monoisotopic (exact) mass is 380 g/mol. The Morgan fingerprint density at radius 1 is 1.26 bits per heavy atom. The van der Waals surface area contributed by atoms with E-state index in [1.54, 1.807) is 31.2 Å². The van der Waals surface area contributed by atoms with Gasteiger partial charge in [-0.25, -0.2) is 9.18 Å². The Labute approximate surface area is 140 Å². The summed E-state index contributed by atoms with van der Waals surface area (Å²) < 4.78 is 19.0. The molecule has 0 unspecified atom stereocenters. The summed E-state index contributed by atoms with van der Waals surface area (Å²) in [6.07, 6.45) is 0. The van der Waals surface area contributed by atoms with E-state index in [9.17, 15) is 14.0 Å². The Kier molecular flexibility index (Phi) is 5.33. The van der Waals surface area contributed by atoms with Crippen LogP contribution in [0.25, 0.3) is 0 Å². The molecule has 120 valence electrons. The van der Waals surface area contributed by atoms with E-state index in [2.05, 4.69) is 21.2 Å². The second-order valence-corrected chi connectivity index (χ2v) is 5.74. The van der Waals surface area contributed by atoms with Crippen molar-refractivity contribution < 1.29 is 18.7 Å². The van der Waals surface area contributed by atoms with Crippen molar-refractivity contribution in [3.8, 4) is 0 Å². The van der Waals surface area contributed by atoms with E-state index in [0.29, 0.717) is 10.0 Å². The zero-order valence-electron chi connectivity index (χ0n) is 12.2. The zero-order valence-corrected chi connectivity index (χ0v) is 13.8. The van der Waals surface area contributed by atoms with E-state index >= 15 is 0 Å². The molecule has 0 fully saturated rings. The van der Waals surface area contributed by atoms with Crippen molar-refractivity contribution in [1.29, 1.82) is 0 Å². The molecule has 0 atom stereocenters. The molecule has 0 aliphatic carbocycles. The second kappa shape index (κ2) is 7.23. The van der Waals surface area contributed by atoms with Gasteiger partial charge in [0.25, 0.3) is 5.91 Å². The quantitative estimate of drug-likeness (QED) is 0.629. The van der Waals surface area contributed by atoms with Gasteiger partial charge in [0.15, 0.2) is 6.61 Å². The van der Waals surface area contributed by atoms with Crippen LogP contribution in [0.5, 0.6) is 0 Å². The Hall–Kier alpha value is -2.41. The van der Waals surface area contributed by atoms with Crippen molar-refractivity contribution in [2.75, 3.05) is 17.7 Å². The predicted octanol–water partition coefficient (Wildman–Crippen LogP) is 3.27. The van der Waals surface area contributed by atoms with Crippen LogP contribution in [0.4, 0.5) is 15.8 Å². The largest absolute Gasteiger partial charge is 0.452 e. The van der Waals surface area contributed by atoms with Gasteiger partial charge < -0.3 is 15.8 Å². The van der Waals surface area contributed by atoms with Gasteiger partial charge in [0.05, 0.1) is 5.56 Å². The van der Waals surface area contributed by atoms with Crippen LogP contribution in [0.1, 0.15) is 15.9 Å². The average molecular weight is 381 g/mol. The second-order valence-electron chi connectivity index (χ2n) is 4.82. The normalized spacial score (nSPS) is 10.2. The van der Waals surface area contributed by atoms with Crippen LogP contribution in [0.2, 0.25) is 0 Å². The highest BCUT2D eigenvalue weighted by molar-refractivity contribution is 9.10. The van der Waals surface area contributed by atoms with Crippen molar-refractivity contribution >= 4 is 39.2 Å². The molecule has 5 nitrogen and oxygen atoms in total. The van der Waals surface area contributed by atoms with Gasteiger partial charge in [-0.15, -0.1) is 0 Å². The molecular weight excluding hydrogens is 367 g/mol. The van der Waals surface area contributed by atoms with E-state index in [1.165, 1.54) is 12.1 Å². The number of hydrogen-bond acceptors (Lipinski definition) is 4. The van der Waals surface area contributed by atoms with Gasteiger partial charge >= 0.3 is 5.97 Å². The highest BCUT2D eigenvalue weighted by Gasteiger charge is 2.14. The molecule has 7 heteroatoms. The number of rotatable bonds is 4. The Balaban J connectivity index is 1.94. The number of halogens is 2. The highest BCUT2D eigenvalue weighted by atomic mass is 79.9. The van der Waals surface area contributed by atoms with E-state index in [-0.39, 0.29) is 16.9 Å². The summed E-state index contributed by atoms with van der Waals surface area (Å²) in [5, 5.41) is 2.45. The molecule has 0 aliphatic rings. The number of benzene rings is 2. The van der Waals surface area contributed by atoms with Crippen molar-refractivity contribution in [1.82, 2.24) is 0 Å². The molecule has 0 aliphatic heterocycles. The summed E-state index contributed by atoms with van der Waals surface area (Å²) >= 11 is 3.22. The zero-order chi connectivity index (χ0) is 17.0. The van der Waals surface area contributed by atoms with E-state index in [0.717, 1.165) is 0 Å². The molecule has 0 spiro atoms. The van der Waals surface area contributed by atoms with Crippen LogP contribution in [-0.4, -0.2) is 18.5 Å². The molecule has 23 heavy (non-hydrogen) atoms. The van der Waals surface area contributed by atoms with Gasteiger partial charge in [-0.1, -0.05) is 22.0 Å². The number of esters is 1. The maximum absolute atomic E-state index is 13.4. The molecule has 2 aromatic carbocycles. The minimum absolute atomic E-state index is 0.161. The van der Waals surface area contributed by atoms with E-state index < -0.39 is 24.3 Å². The molecular formula is C16H14BrFN2O3. The molecule has 0 heterocycles. The Morgan fingerprint density at radius 3 is 2.70 bits per heavy atom. The van der Waals surface area contributed by atoms with Crippen LogP contribution in [0.3, 0.4) is 0 Å². The number of ether oxygens (including phenoxy) is 1. The van der Waals surface area contributed by atoms with Gasteiger partial charge in [0.1, 0.15) is 5.82 Å². The third kappa shape index (κ3) is 4.53. The molecule has 3 N–H and O–H groups in total. The number of carbonyl (C=O) groups excluding carboxylic acids is 2. The highest BCUT2D eigenvalue weighted by Crippen LogP contribution is 2.19. The smallest absolute Gasteiger partial charge is 0.340 e. The first-order valence-corrected chi connectivity index (χ1v) is 7.44. The topological polar surface area (TPSA) is 81.4 Å². The van der Waals surface area contributed by atoms with Crippen LogP contribution >= 0.6 is 15.9 Å². The molecule has 0 saturated heterocycles. The first-order valence-electron chi connectivity index (χ1n) is 6.65. The summed E-state index contributed by atoms with van der Waals surface area (Å²) in [5.74, 6) is -1.72. The lowest BCUT2D eigenvalue weighted by atomic mass is 10.2. The molecule has 2 aromatic rings. The number of carbonyl (C=O) groups is 2. The molecule has 2 rings (SSSR count). The molecule has 1 amide bonds. The van der Waals surface area contributed by atoms with Crippen molar-refractivity contribution in [3.63, 3.8) is 0 Å². The van der Waals surface area contributed by atoms with Crippen molar-refractivity contribution in [2.45, 2.75) is 6.92 Å². The molecule has 0 saturated carbocycles. The number of amides is 1. The average Bonchev–Trinajstić information content (AvgIpc) is 2.51. The molecule has 0 bridgehead atoms. The number of aryl methyl sites for hydroxylation is 1. The van der Waals surface area contributed by atoms with Gasteiger partial charge in [-0.05, 0) is 42.8 Å². The van der Waals surface area contributed by atoms with Gasteiger partial charge in [-0.2, -0.15) is 0 Å². The fourth-order valence-electron chi connectivity index (χ4n) is 1.78. The van der Waals surface area contributed by atoms with Crippen LogP contribution < -0.4 is 11.1 Å². The third-order valence-corrected chi connectivity index (χ3v) is 3.52. The number of nitrogens with one attached hydrogen (secondary N) is 1. The Bertz CT molecular complexity index is 765. The maximum Gasteiger partial charge on any atom is 0.340 e. The van der Waals surface area contributed by atoms with E-state index in [4.69, 9.17) is 10.5 Å². The van der Waals surface area contributed by atoms with Crippen LogP contribution in [0, 0.1) is 12.7 Å². The summed E-state index contributed by atoms with van der Waals surface area (Å²) in [4.78, 5) is 23.7.